The number of ether oxygens (including phenoxy) is 2. The molecule has 0 radical (unpaired) electrons. The number of carboxylic acid groups (broad SMARTS) is 1. The van der Waals surface area contributed by atoms with Crippen LogP contribution in [-0.2, 0) is 11.4 Å². The lowest BCUT2D eigenvalue weighted by Crippen LogP contribution is -2.41. The van der Waals surface area contributed by atoms with Crippen LogP contribution < -0.4 is 9.47 Å². The molecule has 0 spiro atoms. The SMILES string of the molecule is COc1cc(C(c2cccc3ccccc23)N2CCCC(C(=O)O)C2)ccc1OCc1ccccc1. The zero-order valence-corrected chi connectivity index (χ0v) is 20.5. The zero-order valence-electron chi connectivity index (χ0n) is 20.5. The van der Waals surface area contributed by atoms with Gasteiger partial charge in [0.15, 0.2) is 11.5 Å². The fourth-order valence-corrected chi connectivity index (χ4v) is 5.23. The summed E-state index contributed by atoms with van der Waals surface area (Å²) in [5.41, 5.74) is 3.31. The Morgan fingerprint density at radius 2 is 1.75 bits per heavy atom. The number of rotatable bonds is 8. The second-order valence-corrected chi connectivity index (χ2v) is 9.33. The summed E-state index contributed by atoms with van der Waals surface area (Å²) in [6.45, 7) is 1.81. The van der Waals surface area contributed by atoms with Crippen LogP contribution >= 0.6 is 0 Å². The van der Waals surface area contributed by atoms with Gasteiger partial charge in [-0.05, 0) is 59.0 Å². The number of aliphatic carboxylic acids is 1. The summed E-state index contributed by atoms with van der Waals surface area (Å²) in [6, 6.07) is 30.8. The lowest BCUT2D eigenvalue weighted by atomic mass is 9.89. The average molecular weight is 482 g/mol. The Morgan fingerprint density at radius 1 is 0.972 bits per heavy atom. The molecule has 2 unspecified atom stereocenters. The summed E-state index contributed by atoms with van der Waals surface area (Å²) in [4.78, 5) is 14.2. The van der Waals surface area contributed by atoms with Gasteiger partial charge in [-0.1, -0.05) is 78.9 Å². The van der Waals surface area contributed by atoms with Crippen LogP contribution in [0.1, 0.15) is 35.6 Å². The van der Waals surface area contributed by atoms with Crippen molar-refractivity contribution in [2.24, 2.45) is 5.92 Å². The number of hydrogen-bond acceptors (Lipinski definition) is 4. The fraction of sp³-hybridized carbons (Fsp3) is 0.258. The van der Waals surface area contributed by atoms with E-state index in [0.29, 0.717) is 31.1 Å². The third kappa shape index (κ3) is 5.07. The lowest BCUT2D eigenvalue weighted by molar-refractivity contribution is -0.143. The molecule has 1 N–H and O–H groups in total. The van der Waals surface area contributed by atoms with Crippen LogP contribution in [0.3, 0.4) is 0 Å². The number of benzene rings is 4. The van der Waals surface area contributed by atoms with E-state index in [1.165, 1.54) is 16.3 Å². The molecule has 0 amide bonds. The first kappa shape index (κ1) is 23.9. The van der Waals surface area contributed by atoms with Gasteiger partial charge in [-0.15, -0.1) is 0 Å². The first-order valence-electron chi connectivity index (χ1n) is 12.4. The highest BCUT2D eigenvalue weighted by Crippen LogP contribution is 2.39. The van der Waals surface area contributed by atoms with E-state index in [-0.39, 0.29) is 12.0 Å². The van der Waals surface area contributed by atoms with Crippen molar-refractivity contribution in [1.29, 1.82) is 0 Å². The molecule has 4 aromatic rings. The quantitative estimate of drug-likeness (QED) is 0.319. The van der Waals surface area contributed by atoms with Gasteiger partial charge in [-0.25, -0.2) is 0 Å². The number of fused-ring (bicyclic) bond motifs is 1. The minimum atomic E-state index is -0.724. The maximum atomic E-state index is 11.9. The summed E-state index contributed by atoms with van der Waals surface area (Å²) in [6.07, 6.45) is 1.57. The molecule has 5 rings (SSSR count). The molecule has 1 aliphatic rings. The zero-order chi connectivity index (χ0) is 24.9. The van der Waals surface area contributed by atoms with Crippen molar-refractivity contribution in [1.82, 2.24) is 4.90 Å². The minimum absolute atomic E-state index is 0.102. The number of carbonyl (C=O) groups is 1. The molecular formula is C31H31NO4. The van der Waals surface area contributed by atoms with Crippen molar-refractivity contribution in [2.45, 2.75) is 25.5 Å². The molecule has 0 bridgehead atoms. The predicted octanol–water partition coefficient (Wildman–Crippen LogP) is 6.31. The van der Waals surface area contributed by atoms with E-state index < -0.39 is 5.97 Å². The Balaban J connectivity index is 1.54. The van der Waals surface area contributed by atoms with E-state index in [2.05, 4.69) is 47.4 Å². The highest BCUT2D eigenvalue weighted by Gasteiger charge is 2.32. The molecule has 1 fully saturated rings. The van der Waals surface area contributed by atoms with Gasteiger partial charge in [0, 0.05) is 6.54 Å². The Morgan fingerprint density at radius 3 is 2.56 bits per heavy atom. The van der Waals surface area contributed by atoms with Crippen molar-refractivity contribution in [3.05, 3.63) is 108 Å². The van der Waals surface area contributed by atoms with Crippen molar-refractivity contribution in [3.63, 3.8) is 0 Å². The van der Waals surface area contributed by atoms with Crippen LogP contribution in [-0.4, -0.2) is 36.2 Å². The first-order valence-corrected chi connectivity index (χ1v) is 12.4. The summed E-state index contributed by atoms with van der Waals surface area (Å²) in [5, 5.41) is 12.1. The normalized spacial score (nSPS) is 17.0. The monoisotopic (exact) mass is 481 g/mol. The van der Waals surface area contributed by atoms with Crippen LogP contribution in [0.2, 0.25) is 0 Å². The highest BCUT2D eigenvalue weighted by molar-refractivity contribution is 5.86. The van der Waals surface area contributed by atoms with Crippen LogP contribution in [0.25, 0.3) is 10.8 Å². The topological polar surface area (TPSA) is 59.0 Å². The van der Waals surface area contributed by atoms with Gasteiger partial charge in [0.05, 0.1) is 19.1 Å². The molecule has 2 atom stereocenters. The summed E-state index contributed by atoms with van der Waals surface area (Å²) in [7, 11) is 1.66. The van der Waals surface area contributed by atoms with Crippen molar-refractivity contribution in [3.8, 4) is 11.5 Å². The number of methoxy groups -OCH3 is 1. The number of carboxylic acids is 1. The van der Waals surface area contributed by atoms with Crippen molar-refractivity contribution in [2.75, 3.05) is 20.2 Å². The number of nitrogens with zero attached hydrogens (tertiary/aromatic N) is 1. The summed E-state index contributed by atoms with van der Waals surface area (Å²) < 4.78 is 11.9. The van der Waals surface area contributed by atoms with Gasteiger partial charge >= 0.3 is 5.97 Å². The predicted molar refractivity (Wildman–Crippen MR) is 141 cm³/mol. The van der Waals surface area contributed by atoms with Crippen LogP contribution in [0, 0.1) is 5.92 Å². The highest BCUT2D eigenvalue weighted by atomic mass is 16.5. The molecule has 0 saturated carbocycles. The molecular weight excluding hydrogens is 450 g/mol. The smallest absolute Gasteiger partial charge is 0.307 e. The molecule has 5 heteroatoms. The molecule has 36 heavy (non-hydrogen) atoms. The molecule has 1 aliphatic heterocycles. The van der Waals surface area contributed by atoms with Crippen molar-refractivity contribution < 1.29 is 19.4 Å². The molecule has 0 aliphatic carbocycles. The Hall–Kier alpha value is -3.83. The standard InChI is InChI=1S/C31H31NO4/c1-35-29-19-24(16-17-28(29)36-21-22-9-3-2-4-10-22)30(32-18-8-13-25(20-32)31(33)34)27-15-7-12-23-11-5-6-14-26(23)27/h2-7,9-12,14-17,19,25,30H,8,13,18,20-21H2,1H3,(H,33,34). The van der Waals surface area contributed by atoms with E-state index >= 15 is 0 Å². The number of hydrogen-bond donors (Lipinski definition) is 1. The number of likely N-dealkylation sites (tertiary alicyclic amines) is 1. The van der Waals surface area contributed by atoms with E-state index in [9.17, 15) is 9.90 Å². The summed E-state index contributed by atoms with van der Waals surface area (Å²) >= 11 is 0. The second-order valence-electron chi connectivity index (χ2n) is 9.33. The van der Waals surface area contributed by atoms with Gasteiger partial charge in [0.1, 0.15) is 6.61 Å². The summed E-state index contributed by atoms with van der Waals surface area (Å²) in [5.74, 6) is 0.259. The Bertz CT molecular complexity index is 1330. The van der Waals surface area contributed by atoms with Crippen LogP contribution in [0.5, 0.6) is 11.5 Å². The van der Waals surface area contributed by atoms with E-state index in [4.69, 9.17) is 9.47 Å². The van der Waals surface area contributed by atoms with Gasteiger partial charge in [0.25, 0.3) is 0 Å². The third-order valence-corrected chi connectivity index (χ3v) is 7.03. The van der Waals surface area contributed by atoms with Gasteiger partial charge in [-0.2, -0.15) is 0 Å². The maximum Gasteiger partial charge on any atom is 0.307 e. The second kappa shape index (κ2) is 10.8. The number of piperidine rings is 1. The van der Waals surface area contributed by atoms with Gasteiger partial charge in [0.2, 0.25) is 0 Å². The average Bonchev–Trinajstić information content (AvgIpc) is 2.93. The molecule has 1 saturated heterocycles. The molecule has 4 aromatic carbocycles. The minimum Gasteiger partial charge on any atom is -0.493 e. The van der Waals surface area contributed by atoms with Crippen LogP contribution in [0.15, 0.2) is 91.0 Å². The molecule has 0 aromatic heterocycles. The Labute approximate surface area is 211 Å². The van der Waals surface area contributed by atoms with Crippen LogP contribution in [0.4, 0.5) is 0 Å². The fourth-order valence-electron chi connectivity index (χ4n) is 5.23. The van der Waals surface area contributed by atoms with E-state index in [1.807, 2.05) is 48.5 Å². The molecule has 184 valence electrons. The molecule has 5 nitrogen and oxygen atoms in total. The maximum absolute atomic E-state index is 11.9. The van der Waals surface area contributed by atoms with E-state index in [1.54, 1.807) is 7.11 Å². The first-order chi connectivity index (χ1) is 17.6. The molecule has 1 heterocycles. The van der Waals surface area contributed by atoms with E-state index in [0.717, 1.165) is 24.1 Å². The largest absolute Gasteiger partial charge is 0.493 e. The van der Waals surface area contributed by atoms with Gasteiger partial charge < -0.3 is 14.6 Å². The Kier molecular flexibility index (Phi) is 7.19. The third-order valence-electron chi connectivity index (χ3n) is 7.03. The lowest BCUT2D eigenvalue weighted by Gasteiger charge is -2.38. The van der Waals surface area contributed by atoms with Crippen molar-refractivity contribution >= 4 is 16.7 Å². The van der Waals surface area contributed by atoms with Gasteiger partial charge in [-0.3, -0.25) is 9.69 Å².